The number of methoxy groups -OCH3 is 3. The van der Waals surface area contributed by atoms with Crippen molar-refractivity contribution in [3.05, 3.63) is 77.6 Å². The number of hydrogen-bond donors (Lipinski definition) is 2. The van der Waals surface area contributed by atoms with E-state index < -0.39 is 30.3 Å². The Morgan fingerprint density at radius 3 is 2.14 bits per heavy atom. The minimum Gasteiger partial charge on any atom is -0.493 e. The van der Waals surface area contributed by atoms with Crippen LogP contribution in [-0.2, 0) is 4.79 Å². The van der Waals surface area contributed by atoms with Crippen LogP contribution in [0.1, 0.15) is 28.9 Å². The summed E-state index contributed by atoms with van der Waals surface area (Å²) in [6, 6.07) is 15.4. The Morgan fingerprint density at radius 1 is 0.886 bits per heavy atom. The number of carbonyl (C=O) groups excluding carboxylic acids is 2. The molecule has 184 valence electrons. The van der Waals surface area contributed by atoms with Gasteiger partial charge >= 0.3 is 0 Å². The Hall–Kier alpha value is -4.27. The standard InChI is InChI=1S/C26H27FN2O6/c1-16(17-13-22(32-2)25(34-4)23(14-17)33-3)28-26(31)18-9-5-8-12-21(18)35-15-24(30)29-20-11-7-6-10-19(20)27/h5-14,16H,15H2,1-4H3,(H,28,31)(H,29,30). The van der Waals surface area contributed by atoms with E-state index in [0.29, 0.717) is 17.2 Å². The third-order valence-corrected chi connectivity index (χ3v) is 5.17. The molecule has 3 aromatic rings. The zero-order chi connectivity index (χ0) is 25.4. The number of benzene rings is 3. The Morgan fingerprint density at radius 2 is 1.51 bits per heavy atom. The zero-order valence-corrected chi connectivity index (χ0v) is 19.9. The van der Waals surface area contributed by atoms with Gasteiger partial charge in [0.15, 0.2) is 18.1 Å². The monoisotopic (exact) mass is 482 g/mol. The summed E-state index contributed by atoms with van der Waals surface area (Å²) in [5, 5.41) is 5.35. The molecule has 0 radical (unpaired) electrons. The average Bonchev–Trinajstić information content (AvgIpc) is 2.87. The second kappa shape index (κ2) is 11.7. The van der Waals surface area contributed by atoms with Crippen LogP contribution >= 0.6 is 0 Å². The Labute approximate surface area is 203 Å². The molecular formula is C26H27FN2O6. The number of amides is 2. The van der Waals surface area contributed by atoms with E-state index in [1.54, 1.807) is 42.5 Å². The molecule has 0 heterocycles. The topological polar surface area (TPSA) is 95.1 Å². The van der Waals surface area contributed by atoms with Gasteiger partial charge in [-0.2, -0.15) is 0 Å². The van der Waals surface area contributed by atoms with Crippen LogP contribution in [0.4, 0.5) is 10.1 Å². The smallest absolute Gasteiger partial charge is 0.262 e. The molecule has 2 amide bonds. The number of carbonyl (C=O) groups is 2. The van der Waals surface area contributed by atoms with Crippen molar-refractivity contribution < 1.29 is 32.9 Å². The minimum atomic E-state index is -0.559. The number of ether oxygens (including phenoxy) is 4. The summed E-state index contributed by atoms with van der Waals surface area (Å²) in [5.74, 6) is 0.0735. The highest BCUT2D eigenvalue weighted by Crippen LogP contribution is 2.39. The molecule has 3 rings (SSSR count). The highest BCUT2D eigenvalue weighted by atomic mass is 19.1. The lowest BCUT2D eigenvalue weighted by Gasteiger charge is -2.19. The van der Waals surface area contributed by atoms with Gasteiger partial charge in [-0.25, -0.2) is 4.39 Å². The van der Waals surface area contributed by atoms with Crippen LogP contribution in [-0.4, -0.2) is 39.8 Å². The maximum Gasteiger partial charge on any atom is 0.262 e. The van der Waals surface area contributed by atoms with Crippen molar-refractivity contribution in [3.8, 4) is 23.0 Å². The van der Waals surface area contributed by atoms with E-state index in [2.05, 4.69) is 10.6 Å². The van der Waals surface area contributed by atoms with Crippen molar-refractivity contribution in [1.29, 1.82) is 0 Å². The number of anilines is 1. The summed E-state index contributed by atoms with van der Waals surface area (Å²) >= 11 is 0. The number of hydrogen-bond acceptors (Lipinski definition) is 6. The van der Waals surface area contributed by atoms with E-state index in [1.165, 1.54) is 39.5 Å². The van der Waals surface area contributed by atoms with Crippen LogP contribution in [0.15, 0.2) is 60.7 Å². The number of nitrogens with one attached hydrogen (secondary N) is 2. The van der Waals surface area contributed by atoms with Crippen molar-refractivity contribution in [1.82, 2.24) is 5.32 Å². The highest BCUT2D eigenvalue weighted by Gasteiger charge is 2.20. The molecule has 0 saturated heterocycles. The minimum absolute atomic E-state index is 0.0475. The van der Waals surface area contributed by atoms with Crippen molar-refractivity contribution in [2.24, 2.45) is 0 Å². The second-order valence-electron chi connectivity index (χ2n) is 7.47. The van der Waals surface area contributed by atoms with Crippen LogP contribution in [0.2, 0.25) is 0 Å². The summed E-state index contributed by atoms with van der Waals surface area (Å²) < 4.78 is 35.4. The molecule has 1 atom stereocenters. The number of para-hydroxylation sites is 2. The Bertz CT molecular complexity index is 1170. The van der Waals surface area contributed by atoms with E-state index in [4.69, 9.17) is 18.9 Å². The molecule has 1 unspecified atom stereocenters. The number of rotatable bonds is 10. The van der Waals surface area contributed by atoms with Gasteiger partial charge in [0, 0.05) is 0 Å². The molecule has 9 heteroatoms. The van der Waals surface area contributed by atoms with Crippen molar-refractivity contribution >= 4 is 17.5 Å². The predicted octanol–water partition coefficient (Wildman–Crippen LogP) is 4.36. The van der Waals surface area contributed by atoms with Crippen molar-refractivity contribution in [2.45, 2.75) is 13.0 Å². The first-order valence-corrected chi connectivity index (χ1v) is 10.7. The van der Waals surface area contributed by atoms with Crippen LogP contribution in [0.5, 0.6) is 23.0 Å². The molecule has 0 aromatic heterocycles. The van der Waals surface area contributed by atoms with Crippen molar-refractivity contribution in [3.63, 3.8) is 0 Å². The quantitative estimate of drug-likeness (QED) is 0.446. The summed E-state index contributed by atoms with van der Waals surface area (Å²) in [6.07, 6.45) is 0. The van der Waals surface area contributed by atoms with Crippen LogP contribution in [0, 0.1) is 5.82 Å². The fourth-order valence-electron chi connectivity index (χ4n) is 3.38. The fourth-order valence-corrected chi connectivity index (χ4v) is 3.38. The summed E-state index contributed by atoms with van der Waals surface area (Å²) in [7, 11) is 4.54. The lowest BCUT2D eigenvalue weighted by Crippen LogP contribution is -2.28. The van der Waals surface area contributed by atoms with E-state index in [-0.39, 0.29) is 17.0 Å². The third kappa shape index (κ3) is 6.20. The molecule has 2 N–H and O–H groups in total. The third-order valence-electron chi connectivity index (χ3n) is 5.17. The van der Waals surface area contributed by atoms with Gasteiger partial charge in [-0.1, -0.05) is 24.3 Å². The van der Waals surface area contributed by atoms with E-state index in [1.807, 2.05) is 6.92 Å². The van der Waals surface area contributed by atoms with Gasteiger partial charge in [-0.05, 0) is 48.9 Å². The average molecular weight is 483 g/mol. The molecule has 0 fully saturated rings. The van der Waals surface area contributed by atoms with E-state index >= 15 is 0 Å². The van der Waals surface area contributed by atoms with Gasteiger partial charge in [-0.15, -0.1) is 0 Å². The van der Waals surface area contributed by atoms with Gasteiger partial charge in [0.2, 0.25) is 5.75 Å². The van der Waals surface area contributed by atoms with Crippen LogP contribution in [0.3, 0.4) is 0 Å². The second-order valence-corrected chi connectivity index (χ2v) is 7.47. The predicted molar refractivity (Wildman–Crippen MR) is 129 cm³/mol. The molecule has 0 saturated carbocycles. The van der Waals surface area contributed by atoms with Gasteiger partial charge < -0.3 is 29.6 Å². The van der Waals surface area contributed by atoms with E-state index in [0.717, 1.165) is 5.56 Å². The lowest BCUT2D eigenvalue weighted by atomic mass is 10.1. The molecule has 0 aliphatic carbocycles. The first-order chi connectivity index (χ1) is 16.9. The SMILES string of the molecule is COc1cc(C(C)NC(=O)c2ccccc2OCC(=O)Nc2ccccc2F)cc(OC)c1OC. The van der Waals surface area contributed by atoms with Crippen LogP contribution in [0.25, 0.3) is 0 Å². The van der Waals surface area contributed by atoms with Gasteiger partial charge in [0.25, 0.3) is 11.8 Å². The molecule has 0 bridgehead atoms. The number of halogens is 1. The van der Waals surface area contributed by atoms with Crippen LogP contribution < -0.4 is 29.6 Å². The molecule has 0 aliphatic heterocycles. The summed E-state index contributed by atoms with van der Waals surface area (Å²) in [6.45, 7) is 1.41. The lowest BCUT2D eigenvalue weighted by molar-refractivity contribution is -0.118. The van der Waals surface area contributed by atoms with Gasteiger partial charge in [0.1, 0.15) is 11.6 Å². The Kier molecular flexibility index (Phi) is 8.50. The Balaban J connectivity index is 1.71. The first kappa shape index (κ1) is 25.4. The highest BCUT2D eigenvalue weighted by molar-refractivity contribution is 5.97. The maximum atomic E-state index is 13.8. The fraction of sp³-hybridized carbons (Fsp3) is 0.231. The largest absolute Gasteiger partial charge is 0.493 e. The molecular weight excluding hydrogens is 455 g/mol. The normalized spacial score (nSPS) is 11.2. The van der Waals surface area contributed by atoms with Gasteiger partial charge in [-0.3, -0.25) is 9.59 Å². The first-order valence-electron chi connectivity index (χ1n) is 10.7. The molecule has 3 aromatic carbocycles. The molecule has 0 aliphatic rings. The maximum absolute atomic E-state index is 13.8. The summed E-state index contributed by atoms with van der Waals surface area (Å²) in [5.41, 5.74) is 1.02. The molecule has 8 nitrogen and oxygen atoms in total. The van der Waals surface area contributed by atoms with Crippen molar-refractivity contribution in [2.75, 3.05) is 33.3 Å². The summed E-state index contributed by atoms with van der Waals surface area (Å²) in [4.78, 5) is 25.3. The zero-order valence-electron chi connectivity index (χ0n) is 19.9. The van der Waals surface area contributed by atoms with E-state index in [9.17, 15) is 14.0 Å². The van der Waals surface area contributed by atoms with Gasteiger partial charge in [0.05, 0.1) is 38.6 Å². The molecule has 35 heavy (non-hydrogen) atoms. The molecule has 0 spiro atoms.